The van der Waals surface area contributed by atoms with Gasteiger partial charge in [0.1, 0.15) is 17.1 Å². The van der Waals surface area contributed by atoms with Crippen molar-refractivity contribution in [1.82, 2.24) is 0 Å². The van der Waals surface area contributed by atoms with Crippen LogP contribution < -0.4 is 9.47 Å². The number of hydrogen-bond donors (Lipinski definition) is 0. The second kappa shape index (κ2) is 8.49. The monoisotopic (exact) mass is 484 g/mol. The van der Waals surface area contributed by atoms with E-state index in [1.807, 2.05) is 0 Å². The van der Waals surface area contributed by atoms with Gasteiger partial charge in [-0.1, -0.05) is 6.07 Å². The zero-order valence-electron chi connectivity index (χ0n) is 16.1. The number of alkyl halides is 5. The number of halogens is 10. The van der Waals surface area contributed by atoms with Gasteiger partial charge >= 0.3 is 12.5 Å². The number of aryl methyl sites for hydroxylation is 1. The number of rotatable bonds is 5. The second-order valence-corrected chi connectivity index (χ2v) is 6.64. The fourth-order valence-electron chi connectivity index (χ4n) is 2.80. The minimum absolute atomic E-state index is 0.242. The van der Waals surface area contributed by atoms with E-state index in [0.29, 0.717) is 24.3 Å². The van der Waals surface area contributed by atoms with Crippen molar-refractivity contribution in [1.29, 1.82) is 0 Å². The average molecular weight is 484 g/mol. The van der Waals surface area contributed by atoms with Crippen LogP contribution in [0, 0.1) is 36.0 Å². The van der Waals surface area contributed by atoms with Gasteiger partial charge in [-0.15, -0.1) is 13.2 Å². The lowest BCUT2D eigenvalue weighted by Gasteiger charge is -2.20. The predicted octanol–water partition coefficient (Wildman–Crippen LogP) is 7.38. The van der Waals surface area contributed by atoms with Crippen molar-refractivity contribution in [2.45, 2.75) is 19.4 Å². The van der Waals surface area contributed by atoms with Crippen LogP contribution in [0.2, 0.25) is 0 Å². The van der Waals surface area contributed by atoms with Gasteiger partial charge < -0.3 is 9.47 Å². The normalized spacial score (nSPS) is 12.1. The molecule has 0 aliphatic heterocycles. The van der Waals surface area contributed by atoms with E-state index in [4.69, 9.17) is 0 Å². The molecule has 3 aromatic carbocycles. The van der Waals surface area contributed by atoms with Gasteiger partial charge in [0, 0.05) is 11.6 Å². The Labute approximate surface area is 179 Å². The van der Waals surface area contributed by atoms with Gasteiger partial charge in [-0.2, -0.15) is 8.78 Å². The maximum absolute atomic E-state index is 14.4. The summed E-state index contributed by atoms with van der Waals surface area (Å²) in [5.74, 6) is -11.0. The highest BCUT2D eigenvalue weighted by molar-refractivity contribution is 5.66. The fourth-order valence-corrected chi connectivity index (χ4v) is 2.80. The lowest BCUT2D eigenvalue weighted by molar-refractivity contribution is -0.276. The van der Waals surface area contributed by atoms with Crippen molar-refractivity contribution in [3.63, 3.8) is 0 Å². The van der Waals surface area contributed by atoms with E-state index in [0.717, 1.165) is 25.1 Å². The molecule has 0 heterocycles. The van der Waals surface area contributed by atoms with Gasteiger partial charge in [-0.25, -0.2) is 22.0 Å². The second-order valence-electron chi connectivity index (χ2n) is 6.64. The van der Waals surface area contributed by atoms with Crippen molar-refractivity contribution in [2.75, 3.05) is 0 Å². The van der Waals surface area contributed by atoms with Crippen LogP contribution in [0.1, 0.15) is 11.1 Å². The Kier molecular flexibility index (Phi) is 6.22. The number of hydrogen-bond acceptors (Lipinski definition) is 2. The Morgan fingerprint density at radius 1 is 0.667 bits per heavy atom. The largest absolute Gasteiger partial charge is 0.573 e. The van der Waals surface area contributed by atoms with E-state index in [-0.39, 0.29) is 5.56 Å². The van der Waals surface area contributed by atoms with Crippen LogP contribution >= 0.6 is 0 Å². The molecule has 0 fully saturated rings. The van der Waals surface area contributed by atoms with Crippen molar-refractivity contribution in [2.24, 2.45) is 0 Å². The molecular weight excluding hydrogens is 474 g/mol. The number of ether oxygens (including phenoxy) is 2. The summed E-state index contributed by atoms with van der Waals surface area (Å²) in [6, 6.07) is 3.96. The summed E-state index contributed by atoms with van der Waals surface area (Å²) in [6.45, 7) is 1.14. The van der Waals surface area contributed by atoms with Crippen LogP contribution in [0.3, 0.4) is 0 Å². The van der Waals surface area contributed by atoms with Gasteiger partial charge in [0.25, 0.3) is 0 Å². The van der Waals surface area contributed by atoms with E-state index >= 15 is 0 Å². The molecule has 0 aliphatic rings. The van der Waals surface area contributed by atoms with Gasteiger partial charge in [0.15, 0.2) is 23.3 Å². The quantitative estimate of drug-likeness (QED) is 0.352. The molecule has 0 amide bonds. The first-order valence-corrected chi connectivity index (χ1v) is 8.76. The maximum Gasteiger partial charge on any atom is 0.573 e. The van der Waals surface area contributed by atoms with E-state index in [1.54, 1.807) is 0 Å². The van der Waals surface area contributed by atoms with E-state index in [1.165, 1.54) is 0 Å². The van der Waals surface area contributed by atoms with E-state index in [2.05, 4.69) is 9.47 Å². The molecule has 0 atom stereocenters. The highest BCUT2D eigenvalue weighted by Gasteiger charge is 2.39. The molecule has 2 nitrogen and oxygen atoms in total. The molecule has 0 saturated carbocycles. The summed E-state index contributed by atoms with van der Waals surface area (Å²) in [5, 5.41) is 0. The molecule has 0 aliphatic carbocycles. The fraction of sp³-hybridized carbons (Fsp3) is 0.143. The Hall–Kier alpha value is -3.44. The lowest BCUT2D eigenvalue weighted by atomic mass is 10.0. The standard InChI is InChI=1S/C21H10F10O2/c1-9-2-5-13(18(26)17(9)25)20(27,28)32-11-3-4-12(14(22)8-11)10-6-15(23)19(16(24)7-10)33-21(29,30)31/h2-8H,1H3. The predicted molar refractivity (Wildman–Crippen MR) is 94.1 cm³/mol. The van der Waals surface area contributed by atoms with Crippen molar-refractivity contribution >= 4 is 0 Å². The van der Waals surface area contributed by atoms with Crippen LogP contribution in [0.15, 0.2) is 42.5 Å². The average Bonchev–Trinajstić information content (AvgIpc) is 2.67. The van der Waals surface area contributed by atoms with Crippen LogP contribution in [0.5, 0.6) is 11.5 Å². The smallest absolute Gasteiger partial charge is 0.429 e. The van der Waals surface area contributed by atoms with Crippen molar-refractivity contribution in [3.05, 3.63) is 82.7 Å². The van der Waals surface area contributed by atoms with Gasteiger partial charge in [-0.05, 0) is 48.4 Å². The molecule has 33 heavy (non-hydrogen) atoms. The summed E-state index contributed by atoms with van der Waals surface area (Å²) >= 11 is 0. The van der Waals surface area contributed by atoms with Gasteiger partial charge in [-0.3, -0.25) is 0 Å². The van der Waals surface area contributed by atoms with Crippen LogP contribution in [-0.2, 0) is 6.11 Å². The summed E-state index contributed by atoms with van der Waals surface area (Å²) in [5.41, 5.74) is -2.87. The van der Waals surface area contributed by atoms with E-state index < -0.39 is 69.7 Å². The molecule has 0 aromatic heterocycles. The minimum Gasteiger partial charge on any atom is -0.429 e. The molecule has 176 valence electrons. The molecule has 3 rings (SSSR count). The van der Waals surface area contributed by atoms with Crippen LogP contribution in [0.25, 0.3) is 11.1 Å². The molecule has 0 radical (unpaired) electrons. The Balaban J connectivity index is 1.91. The Morgan fingerprint density at radius 2 is 1.27 bits per heavy atom. The van der Waals surface area contributed by atoms with Gasteiger partial charge in [0.2, 0.25) is 5.75 Å². The number of benzene rings is 3. The Morgan fingerprint density at radius 3 is 1.82 bits per heavy atom. The lowest BCUT2D eigenvalue weighted by Crippen LogP contribution is -2.24. The summed E-state index contributed by atoms with van der Waals surface area (Å²) in [4.78, 5) is 0. The molecule has 0 spiro atoms. The first-order valence-electron chi connectivity index (χ1n) is 8.76. The third kappa shape index (κ3) is 5.15. The van der Waals surface area contributed by atoms with Crippen LogP contribution in [-0.4, -0.2) is 6.36 Å². The Bertz CT molecular complexity index is 1180. The zero-order chi connectivity index (χ0) is 24.7. The molecule has 0 bridgehead atoms. The molecule has 12 heteroatoms. The highest BCUT2D eigenvalue weighted by atomic mass is 19.4. The first kappa shape index (κ1) is 24.2. The van der Waals surface area contributed by atoms with Gasteiger partial charge in [0.05, 0.1) is 0 Å². The van der Waals surface area contributed by atoms with Crippen molar-refractivity contribution < 1.29 is 53.4 Å². The third-order valence-corrected chi connectivity index (χ3v) is 4.30. The summed E-state index contributed by atoms with van der Waals surface area (Å²) < 4.78 is 142. The summed E-state index contributed by atoms with van der Waals surface area (Å²) in [6.07, 6.45) is -9.82. The molecule has 0 N–H and O–H groups in total. The van der Waals surface area contributed by atoms with Crippen molar-refractivity contribution in [3.8, 4) is 22.6 Å². The minimum atomic E-state index is -5.39. The molecular formula is C21H10F10O2. The molecule has 3 aromatic rings. The third-order valence-electron chi connectivity index (χ3n) is 4.30. The molecule has 0 saturated heterocycles. The van der Waals surface area contributed by atoms with E-state index in [9.17, 15) is 43.9 Å². The first-order chi connectivity index (χ1) is 15.2. The SMILES string of the molecule is Cc1ccc(C(F)(F)Oc2ccc(-c3cc(F)c(OC(F)(F)F)c(F)c3)c(F)c2)c(F)c1F. The summed E-state index contributed by atoms with van der Waals surface area (Å²) in [7, 11) is 0. The highest BCUT2D eigenvalue weighted by Crippen LogP contribution is 2.37. The van der Waals surface area contributed by atoms with Crippen LogP contribution in [0.4, 0.5) is 43.9 Å². The molecule has 0 unspecified atom stereocenters. The topological polar surface area (TPSA) is 18.5 Å². The maximum atomic E-state index is 14.4. The zero-order valence-corrected chi connectivity index (χ0v) is 16.1.